The molecule has 0 fully saturated rings. The number of halogens is 4. The second-order valence-corrected chi connectivity index (χ2v) is 5.74. The number of hydrogen-bond acceptors (Lipinski definition) is 4. The number of nitrogens with two attached hydrogens (primary N) is 1. The molecule has 0 spiro atoms. The van der Waals surface area contributed by atoms with Gasteiger partial charge in [0.05, 0.1) is 16.0 Å². The van der Waals surface area contributed by atoms with Crippen LogP contribution in [0.2, 0.25) is 5.02 Å². The first kappa shape index (κ1) is 14.9. The molecule has 3 rings (SSSR count). The van der Waals surface area contributed by atoms with Crippen molar-refractivity contribution >= 4 is 33.2 Å². The minimum absolute atomic E-state index is 0.186. The number of thiophene rings is 1. The molecule has 114 valence electrons. The van der Waals surface area contributed by atoms with E-state index in [2.05, 4.69) is 4.98 Å². The van der Waals surface area contributed by atoms with Gasteiger partial charge >= 0.3 is 6.18 Å². The summed E-state index contributed by atoms with van der Waals surface area (Å²) < 4.78 is 39.6. The summed E-state index contributed by atoms with van der Waals surface area (Å²) in [6.07, 6.45) is -3.42. The van der Waals surface area contributed by atoms with Crippen LogP contribution in [0.15, 0.2) is 34.7 Å². The Kier molecular flexibility index (Phi) is 3.37. The molecule has 0 radical (unpaired) electrons. The molecule has 2 heterocycles. The molecule has 0 saturated heterocycles. The fraction of sp³-hybridized carbons (Fsp3) is 0.0769. The van der Waals surface area contributed by atoms with Crippen LogP contribution < -0.4 is 11.4 Å². The van der Waals surface area contributed by atoms with E-state index >= 15 is 0 Å². The van der Waals surface area contributed by atoms with Crippen LogP contribution in [-0.4, -0.2) is 9.66 Å². The van der Waals surface area contributed by atoms with Crippen molar-refractivity contribution in [2.75, 3.05) is 5.84 Å². The number of fused-ring (bicyclic) bond motifs is 1. The molecule has 0 aliphatic rings. The van der Waals surface area contributed by atoms with Crippen molar-refractivity contribution < 1.29 is 13.2 Å². The van der Waals surface area contributed by atoms with Gasteiger partial charge in [-0.3, -0.25) is 4.79 Å². The van der Waals surface area contributed by atoms with Crippen LogP contribution in [0, 0.1) is 0 Å². The van der Waals surface area contributed by atoms with Gasteiger partial charge in [0.1, 0.15) is 11.2 Å². The molecule has 2 aromatic heterocycles. The highest BCUT2D eigenvalue weighted by atomic mass is 35.5. The highest BCUT2D eigenvalue weighted by Crippen LogP contribution is 2.39. The summed E-state index contributed by atoms with van der Waals surface area (Å²) >= 11 is 6.76. The quantitative estimate of drug-likeness (QED) is 0.686. The Balaban J connectivity index is 2.29. The normalized spacial score (nSPS) is 12.0. The average Bonchev–Trinajstić information content (AvgIpc) is 2.87. The molecule has 4 nitrogen and oxygen atoms in total. The molecule has 3 aromatic rings. The van der Waals surface area contributed by atoms with Gasteiger partial charge in [0.15, 0.2) is 0 Å². The van der Waals surface area contributed by atoms with Gasteiger partial charge in [-0.15, -0.1) is 11.3 Å². The Bertz CT molecular complexity index is 932. The highest BCUT2D eigenvalue weighted by Gasteiger charge is 2.33. The molecule has 0 aliphatic heterocycles. The summed E-state index contributed by atoms with van der Waals surface area (Å²) in [7, 11) is 0. The van der Waals surface area contributed by atoms with Gasteiger partial charge in [0, 0.05) is 10.9 Å². The van der Waals surface area contributed by atoms with E-state index in [1.165, 1.54) is 6.07 Å². The second-order valence-electron chi connectivity index (χ2n) is 4.48. The second kappa shape index (κ2) is 4.99. The molecule has 1 aromatic carbocycles. The van der Waals surface area contributed by atoms with Crippen molar-refractivity contribution in [3.8, 4) is 11.1 Å². The number of benzene rings is 1. The molecule has 22 heavy (non-hydrogen) atoms. The molecule has 2 N–H and O–H groups in total. The molecular formula is C13H7ClF3N3OS. The van der Waals surface area contributed by atoms with E-state index in [0.29, 0.717) is 10.4 Å². The lowest BCUT2D eigenvalue weighted by Gasteiger charge is -2.10. The van der Waals surface area contributed by atoms with Gasteiger partial charge < -0.3 is 5.84 Å². The van der Waals surface area contributed by atoms with Crippen LogP contribution in [0.3, 0.4) is 0 Å². The molecule has 0 aliphatic carbocycles. The Morgan fingerprint density at radius 3 is 2.73 bits per heavy atom. The van der Waals surface area contributed by atoms with Crippen molar-refractivity contribution in [3.63, 3.8) is 0 Å². The van der Waals surface area contributed by atoms with Crippen molar-refractivity contribution in [2.45, 2.75) is 6.18 Å². The van der Waals surface area contributed by atoms with E-state index in [-0.39, 0.29) is 10.9 Å². The standard InChI is InChI=1S/C13H7ClF3N3OS/c14-9-2-1-6(3-8(9)13(15,16)17)7-4-22-11-10(7)12(21)20(18)5-19-11/h1-5H,18H2. The minimum atomic E-state index is -4.58. The van der Waals surface area contributed by atoms with Gasteiger partial charge in [-0.1, -0.05) is 17.7 Å². The maximum Gasteiger partial charge on any atom is 0.417 e. The minimum Gasteiger partial charge on any atom is -0.335 e. The molecule has 0 atom stereocenters. The van der Waals surface area contributed by atoms with Crippen molar-refractivity contribution in [1.29, 1.82) is 0 Å². The third kappa shape index (κ3) is 2.34. The van der Waals surface area contributed by atoms with E-state index in [1.54, 1.807) is 5.38 Å². The smallest absolute Gasteiger partial charge is 0.335 e. The first-order valence-corrected chi connectivity index (χ1v) is 7.16. The first-order valence-electron chi connectivity index (χ1n) is 5.90. The van der Waals surface area contributed by atoms with Crippen molar-refractivity contribution in [3.05, 3.63) is 50.8 Å². The highest BCUT2D eigenvalue weighted by molar-refractivity contribution is 7.17. The van der Waals surface area contributed by atoms with Crippen molar-refractivity contribution in [1.82, 2.24) is 9.66 Å². The summed E-state index contributed by atoms with van der Waals surface area (Å²) in [4.78, 5) is 16.5. The molecule has 0 saturated carbocycles. The van der Waals surface area contributed by atoms with E-state index in [1.807, 2.05) is 0 Å². The lowest BCUT2D eigenvalue weighted by Crippen LogP contribution is -2.26. The van der Waals surface area contributed by atoms with E-state index in [0.717, 1.165) is 34.5 Å². The van der Waals surface area contributed by atoms with Gasteiger partial charge in [0.25, 0.3) is 5.56 Å². The Labute approximate surface area is 130 Å². The van der Waals surface area contributed by atoms with Crippen LogP contribution in [-0.2, 0) is 6.18 Å². The van der Waals surface area contributed by atoms with Crippen LogP contribution in [0.4, 0.5) is 13.2 Å². The predicted octanol–water partition coefficient (Wildman–Crippen LogP) is 3.51. The van der Waals surface area contributed by atoms with E-state index in [9.17, 15) is 18.0 Å². The third-order valence-electron chi connectivity index (χ3n) is 3.10. The fourth-order valence-corrected chi connectivity index (χ4v) is 3.20. The van der Waals surface area contributed by atoms with E-state index < -0.39 is 22.3 Å². The summed E-state index contributed by atoms with van der Waals surface area (Å²) in [5.74, 6) is 5.46. The number of rotatable bonds is 1. The monoisotopic (exact) mass is 345 g/mol. The van der Waals surface area contributed by atoms with Gasteiger partial charge in [-0.2, -0.15) is 13.2 Å². The van der Waals surface area contributed by atoms with Crippen molar-refractivity contribution in [2.24, 2.45) is 0 Å². The molecule has 9 heteroatoms. The average molecular weight is 346 g/mol. The Morgan fingerprint density at radius 2 is 2.05 bits per heavy atom. The maximum absolute atomic E-state index is 12.9. The Hall–Kier alpha value is -2.06. The number of alkyl halides is 3. The largest absolute Gasteiger partial charge is 0.417 e. The zero-order valence-electron chi connectivity index (χ0n) is 10.7. The van der Waals surface area contributed by atoms with Gasteiger partial charge in [0.2, 0.25) is 0 Å². The zero-order chi connectivity index (χ0) is 16.1. The maximum atomic E-state index is 12.9. The lowest BCUT2D eigenvalue weighted by molar-refractivity contribution is -0.137. The number of nitrogen functional groups attached to an aromatic ring is 1. The van der Waals surface area contributed by atoms with E-state index in [4.69, 9.17) is 17.4 Å². The van der Waals surface area contributed by atoms with Crippen LogP contribution in [0.5, 0.6) is 0 Å². The number of aromatic nitrogens is 2. The summed E-state index contributed by atoms with van der Waals surface area (Å²) in [5, 5.41) is 1.36. The van der Waals surface area contributed by atoms with Gasteiger partial charge in [-0.05, 0) is 17.7 Å². The Morgan fingerprint density at radius 1 is 1.32 bits per heavy atom. The van der Waals surface area contributed by atoms with Crippen LogP contribution >= 0.6 is 22.9 Å². The van der Waals surface area contributed by atoms with Gasteiger partial charge in [-0.25, -0.2) is 9.66 Å². The first-order chi connectivity index (χ1) is 10.3. The summed E-state index contributed by atoms with van der Waals surface area (Å²) in [6, 6.07) is 3.49. The lowest BCUT2D eigenvalue weighted by atomic mass is 10.0. The van der Waals surface area contributed by atoms with Crippen LogP contribution in [0.25, 0.3) is 21.3 Å². The molecular weight excluding hydrogens is 339 g/mol. The molecule has 0 amide bonds. The SMILES string of the molecule is Nn1cnc2scc(-c3ccc(Cl)c(C(F)(F)F)c3)c2c1=O. The molecule has 0 unspecified atom stereocenters. The number of hydrogen-bond donors (Lipinski definition) is 1. The summed E-state index contributed by atoms with van der Waals surface area (Å²) in [6.45, 7) is 0. The zero-order valence-corrected chi connectivity index (χ0v) is 12.3. The molecule has 0 bridgehead atoms. The topological polar surface area (TPSA) is 60.9 Å². The van der Waals surface area contributed by atoms with Crippen LogP contribution in [0.1, 0.15) is 5.56 Å². The predicted molar refractivity (Wildman–Crippen MR) is 79.5 cm³/mol. The fourth-order valence-electron chi connectivity index (χ4n) is 2.07. The summed E-state index contributed by atoms with van der Waals surface area (Å²) in [5.41, 5.74) is -0.903. The number of nitrogens with zero attached hydrogens (tertiary/aromatic N) is 2. The third-order valence-corrected chi connectivity index (χ3v) is 4.32.